The molecule has 0 saturated heterocycles. The van der Waals surface area contributed by atoms with Crippen LogP contribution in [0, 0.1) is 0 Å². The summed E-state index contributed by atoms with van der Waals surface area (Å²) in [5.41, 5.74) is 1.65. The summed E-state index contributed by atoms with van der Waals surface area (Å²) in [6, 6.07) is 15.0. The van der Waals surface area contributed by atoms with Gasteiger partial charge in [0.2, 0.25) is 0 Å². The van der Waals surface area contributed by atoms with Gasteiger partial charge in [-0.15, -0.1) is 0 Å². The molecule has 1 heterocycles. The lowest BCUT2D eigenvalue weighted by Crippen LogP contribution is -1.79. The van der Waals surface area contributed by atoms with Gasteiger partial charge < -0.3 is 5.11 Å². The Morgan fingerprint density at radius 1 is 1.06 bits per heavy atom. The molecule has 0 amide bonds. The van der Waals surface area contributed by atoms with Crippen LogP contribution in [0.2, 0.25) is 0 Å². The minimum Gasteiger partial charge on any atom is -0.507 e. The first kappa shape index (κ1) is 10.9. The lowest BCUT2D eigenvalue weighted by molar-refractivity contribution is 0.474. The number of phenols is 1. The number of aromatic nitrogens is 1. The minimum absolute atomic E-state index is 0.232. The van der Waals surface area contributed by atoms with E-state index in [1.54, 1.807) is 18.3 Å². The lowest BCUT2D eigenvalue weighted by atomic mass is 10.2. The SMILES string of the molecule is Oc1ccccc1/C=N/c1snc2ccccc12. The van der Waals surface area contributed by atoms with Gasteiger partial charge >= 0.3 is 0 Å². The normalized spacial score (nSPS) is 11.3. The van der Waals surface area contributed by atoms with Crippen molar-refractivity contribution in [3.63, 3.8) is 0 Å². The average Bonchev–Trinajstić information content (AvgIpc) is 2.81. The summed E-state index contributed by atoms with van der Waals surface area (Å²) < 4.78 is 4.32. The van der Waals surface area contributed by atoms with Crippen molar-refractivity contribution in [2.75, 3.05) is 0 Å². The summed E-state index contributed by atoms with van der Waals surface area (Å²) in [6.07, 6.45) is 1.66. The number of aromatic hydroxyl groups is 1. The van der Waals surface area contributed by atoms with Gasteiger partial charge in [0, 0.05) is 17.2 Å². The molecule has 0 atom stereocenters. The molecule has 1 N–H and O–H groups in total. The number of aliphatic imine (C=N–C) groups is 1. The van der Waals surface area contributed by atoms with Gasteiger partial charge in [0.1, 0.15) is 10.8 Å². The van der Waals surface area contributed by atoms with Crippen molar-refractivity contribution in [1.82, 2.24) is 4.37 Å². The Morgan fingerprint density at radius 2 is 1.83 bits per heavy atom. The number of para-hydroxylation sites is 1. The Labute approximate surface area is 108 Å². The third-order valence-electron chi connectivity index (χ3n) is 2.62. The zero-order valence-electron chi connectivity index (χ0n) is 9.45. The smallest absolute Gasteiger partial charge is 0.143 e. The number of hydrogen-bond acceptors (Lipinski definition) is 4. The highest BCUT2D eigenvalue weighted by Crippen LogP contribution is 2.30. The van der Waals surface area contributed by atoms with Crippen LogP contribution in [-0.2, 0) is 0 Å². The molecular weight excluding hydrogens is 244 g/mol. The maximum absolute atomic E-state index is 9.65. The molecular formula is C14H10N2OS. The Morgan fingerprint density at radius 3 is 2.72 bits per heavy atom. The summed E-state index contributed by atoms with van der Waals surface area (Å²) in [4.78, 5) is 4.40. The Bertz CT molecular complexity index is 718. The van der Waals surface area contributed by atoms with Gasteiger partial charge in [-0.05, 0) is 35.8 Å². The summed E-state index contributed by atoms with van der Waals surface area (Å²) in [6.45, 7) is 0. The molecule has 0 fully saturated rings. The van der Waals surface area contributed by atoms with E-state index in [4.69, 9.17) is 0 Å². The van der Waals surface area contributed by atoms with E-state index in [-0.39, 0.29) is 5.75 Å². The number of phenolic OH excluding ortho intramolecular Hbond substituents is 1. The largest absolute Gasteiger partial charge is 0.507 e. The van der Waals surface area contributed by atoms with Crippen molar-refractivity contribution in [2.24, 2.45) is 4.99 Å². The first-order chi connectivity index (χ1) is 8.84. The van der Waals surface area contributed by atoms with Crippen molar-refractivity contribution in [1.29, 1.82) is 0 Å². The summed E-state index contributed by atoms with van der Waals surface area (Å²) in [7, 11) is 0. The molecule has 0 spiro atoms. The van der Waals surface area contributed by atoms with E-state index < -0.39 is 0 Å². The molecule has 0 aliphatic rings. The maximum atomic E-state index is 9.65. The van der Waals surface area contributed by atoms with Crippen LogP contribution in [-0.4, -0.2) is 15.7 Å². The van der Waals surface area contributed by atoms with Crippen LogP contribution in [0.3, 0.4) is 0 Å². The predicted octanol–water partition coefficient (Wildman–Crippen LogP) is 3.75. The van der Waals surface area contributed by atoms with E-state index in [2.05, 4.69) is 9.37 Å². The van der Waals surface area contributed by atoms with Crippen LogP contribution in [0.1, 0.15) is 5.56 Å². The van der Waals surface area contributed by atoms with Crippen molar-refractivity contribution in [3.8, 4) is 5.75 Å². The Kier molecular flexibility index (Phi) is 2.78. The molecule has 3 rings (SSSR count). The van der Waals surface area contributed by atoms with E-state index in [1.165, 1.54) is 11.5 Å². The molecule has 0 radical (unpaired) electrons. The number of fused-ring (bicyclic) bond motifs is 1. The second-order valence-corrected chi connectivity index (χ2v) is 4.57. The van der Waals surface area contributed by atoms with Gasteiger partial charge in [0.15, 0.2) is 0 Å². The molecule has 3 nitrogen and oxygen atoms in total. The Balaban J connectivity index is 2.00. The molecule has 88 valence electrons. The van der Waals surface area contributed by atoms with Crippen LogP contribution in [0.5, 0.6) is 5.75 Å². The fourth-order valence-corrected chi connectivity index (χ4v) is 2.41. The third kappa shape index (κ3) is 1.98. The highest BCUT2D eigenvalue weighted by Gasteiger charge is 2.03. The molecule has 2 aromatic carbocycles. The van der Waals surface area contributed by atoms with Gasteiger partial charge in [-0.2, -0.15) is 4.37 Å². The topological polar surface area (TPSA) is 45.5 Å². The second kappa shape index (κ2) is 4.58. The van der Waals surface area contributed by atoms with Crippen LogP contribution in [0.4, 0.5) is 5.00 Å². The fraction of sp³-hybridized carbons (Fsp3) is 0. The summed E-state index contributed by atoms with van der Waals surface area (Å²) >= 11 is 1.36. The molecule has 0 bridgehead atoms. The Hall–Kier alpha value is -2.20. The fourth-order valence-electron chi connectivity index (χ4n) is 1.69. The van der Waals surface area contributed by atoms with Gasteiger partial charge in [-0.1, -0.05) is 24.3 Å². The van der Waals surface area contributed by atoms with E-state index in [1.807, 2.05) is 36.4 Å². The zero-order chi connectivity index (χ0) is 12.4. The lowest BCUT2D eigenvalue weighted by Gasteiger charge is -1.95. The van der Waals surface area contributed by atoms with Gasteiger partial charge in [-0.25, -0.2) is 4.99 Å². The van der Waals surface area contributed by atoms with Crippen LogP contribution >= 0.6 is 11.5 Å². The number of rotatable bonds is 2. The first-order valence-corrected chi connectivity index (χ1v) is 6.28. The van der Waals surface area contributed by atoms with Crippen molar-refractivity contribution < 1.29 is 5.11 Å². The van der Waals surface area contributed by atoms with Crippen molar-refractivity contribution in [2.45, 2.75) is 0 Å². The monoisotopic (exact) mass is 254 g/mol. The van der Waals surface area contributed by atoms with Crippen molar-refractivity contribution in [3.05, 3.63) is 54.1 Å². The highest BCUT2D eigenvalue weighted by molar-refractivity contribution is 7.11. The van der Waals surface area contributed by atoms with Gasteiger partial charge in [0.25, 0.3) is 0 Å². The number of nitrogens with zero attached hydrogens (tertiary/aromatic N) is 2. The van der Waals surface area contributed by atoms with Gasteiger partial charge in [0.05, 0.1) is 5.52 Å². The molecule has 18 heavy (non-hydrogen) atoms. The molecule has 1 aromatic heterocycles. The zero-order valence-corrected chi connectivity index (χ0v) is 10.3. The van der Waals surface area contributed by atoms with E-state index >= 15 is 0 Å². The summed E-state index contributed by atoms with van der Waals surface area (Å²) in [5.74, 6) is 0.232. The second-order valence-electron chi connectivity index (χ2n) is 3.82. The standard InChI is InChI=1S/C14H10N2OS/c17-13-8-4-1-5-10(13)9-15-14-11-6-2-3-7-12(11)16-18-14/h1-9,17H/b15-9+. The molecule has 0 saturated carbocycles. The number of hydrogen-bond donors (Lipinski definition) is 1. The van der Waals surface area contributed by atoms with Crippen LogP contribution < -0.4 is 0 Å². The molecule has 4 heteroatoms. The van der Waals surface area contributed by atoms with Gasteiger partial charge in [-0.3, -0.25) is 0 Å². The summed E-state index contributed by atoms with van der Waals surface area (Å²) in [5, 5.41) is 11.5. The van der Waals surface area contributed by atoms with E-state index in [9.17, 15) is 5.11 Å². The molecule has 0 aliphatic heterocycles. The molecule has 0 aliphatic carbocycles. The van der Waals surface area contributed by atoms with Crippen LogP contribution in [0.15, 0.2) is 53.5 Å². The van der Waals surface area contributed by atoms with Crippen molar-refractivity contribution >= 4 is 33.7 Å². The van der Waals surface area contributed by atoms with E-state index in [0.29, 0.717) is 5.56 Å². The molecule has 0 unspecified atom stereocenters. The highest BCUT2D eigenvalue weighted by atomic mass is 32.1. The first-order valence-electron chi connectivity index (χ1n) is 5.51. The quantitative estimate of drug-likeness (QED) is 0.708. The third-order valence-corrected chi connectivity index (χ3v) is 3.41. The van der Waals surface area contributed by atoms with E-state index in [0.717, 1.165) is 15.9 Å². The van der Waals surface area contributed by atoms with Crippen LogP contribution in [0.25, 0.3) is 10.9 Å². The maximum Gasteiger partial charge on any atom is 0.143 e. The minimum atomic E-state index is 0.232. The molecule has 3 aromatic rings. The predicted molar refractivity (Wildman–Crippen MR) is 75.0 cm³/mol. The number of benzene rings is 2. The average molecular weight is 254 g/mol.